The molecule has 0 fully saturated rings. The standard InChI is InChI=1S/C22H27N3O2/c1-17(26)23-12-13-24-21(27)22(14-19-10-6-7-11-20(19)15-22)25(2)16-18-8-4-3-5-9-18/h3-11H,12-16H2,1-2H3,(H,23,26)(H,24,27). The molecule has 0 radical (unpaired) electrons. The van der Waals surface area contributed by atoms with Gasteiger partial charge in [-0.3, -0.25) is 14.5 Å². The second-order valence-electron chi connectivity index (χ2n) is 7.23. The summed E-state index contributed by atoms with van der Waals surface area (Å²) in [7, 11) is 2.02. The zero-order valence-electron chi connectivity index (χ0n) is 16.0. The highest BCUT2D eigenvalue weighted by Crippen LogP contribution is 2.35. The summed E-state index contributed by atoms with van der Waals surface area (Å²) in [5.74, 6) is -0.0732. The number of amides is 2. The van der Waals surface area contributed by atoms with Crippen LogP contribution in [0.25, 0.3) is 0 Å². The molecular formula is C22H27N3O2. The van der Waals surface area contributed by atoms with Gasteiger partial charge in [-0.1, -0.05) is 54.6 Å². The Labute approximate surface area is 160 Å². The third-order valence-electron chi connectivity index (χ3n) is 5.28. The lowest BCUT2D eigenvalue weighted by Gasteiger charge is -2.37. The number of hydrogen-bond acceptors (Lipinski definition) is 3. The van der Waals surface area contributed by atoms with Gasteiger partial charge in [0.2, 0.25) is 11.8 Å². The van der Waals surface area contributed by atoms with E-state index in [0.29, 0.717) is 32.5 Å². The Morgan fingerprint density at radius 3 is 2.07 bits per heavy atom. The molecule has 0 aliphatic heterocycles. The molecule has 2 aromatic rings. The number of nitrogens with one attached hydrogen (secondary N) is 2. The summed E-state index contributed by atoms with van der Waals surface area (Å²) in [4.78, 5) is 26.4. The molecule has 5 heteroatoms. The Balaban J connectivity index is 1.77. The summed E-state index contributed by atoms with van der Waals surface area (Å²) in [6.45, 7) is 3.04. The molecule has 1 aliphatic rings. The van der Waals surface area contributed by atoms with Gasteiger partial charge in [0.15, 0.2) is 0 Å². The minimum Gasteiger partial charge on any atom is -0.355 e. The van der Waals surface area contributed by atoms with Gasteiger partial charge >= 0.3 is 0 Å². The summed E-state index contributed by atoms with van der Waals surface area (Å²) in [6.07, 6.45) is 1.39. The molecule has 2 N–H and O–H groups in total. The van der Waals surface area contributed by atoms with Crippen molar-refractivity contribution in [1.29, 1.82) is 0 Å². The van der Waals surface area contributed by atoms with E-state index in [4.69, 9.17) is 0 Å². The average molecular weight is 365 g/mol. The smallest absolute Gasteiger partial charge is 0.241 e. The van der Waals surface area contributed by atoms with Crippen molar-refractivity contribution in [3.05, 3.63) is 71.3 Å². The molecule has 1 aliphatic carbocycles. The van der Waals surface area contributed by atoms with Gasteiger partial charge in [0.25, 0.3) is 0 Å². The summed E-state index contributed by atoms with van der Waals surface area (Å²) in [5, 5.41) is 5.75. The fourth-order valence-corrected chi connectivity index (χ4v) is 3.79. The van der Waals surface area contributed by atoms with E-state index in [2.05, 4.69) is 39.8 Å². The molecule has 2 amide bonds. The van der Waals surface area contributed by atoms with Crippen LogP contribution in [0.3, 0.4) is 0 Å². The quantitative estimate of drug-likeness (QED) is 0.737. The number of carbonyl (C=O) groups excluding carboxylic acids is 2. The highest BCUT2D eigenvalue weighted by atomic mass is 16.2. The minimum absolute atomic E-state index is 0.0162. The molecule has 0 atom stereocenters. The number of carbonyl (C=O) groups is 2. The van der Waals surface area contributed by atoms with Crippen LogP contribution in [-0.4, -0.2) is 42.4 Å². The number of rotatable bonds is 7. The van der Waals surface area contributed by atoms with Crippen LogP contribution in [0.1, 0.15) is 23.6 Å². The molecule has 27 heavy (non-hydrogen) atoms. The molecule has 0 unspecified atom stereocenters. The Morgan fingerprint density at radius 2 is 1.48 bits per heavy atom. The van der Waals surface area contributed by atoms with Gasteiger partial charge in [-0.05, 0) is 23.7 Å². The van der Waals surface area contributed by atoms with Crippen molar-refractivity contribution < 1.29 is 9.59 Å². The summed E-state index contributed by atoms with van der Waals surface area (Å²) in [6, 6.07) is 18.5. The monoisotopic (exact) mass is 365 g/mol. The van der Waals surface area contributed by atoms with Crippen molar-refractivity contribution in [2.75, 3.05) is 20.1 Å². The van der Waals surface area contributed by atoms with Crippen LogP contribution >= 0.6 is 0 Å². The third kappa shape index (κ3) is 4.37. The first kappa shape index (κ1) is 19.1. The highest BCUT2D eigenvalue weighted by Gasteiger charge is 2.46. The molecular weight excluding hydrogens is 338 g/mol. The van der Waals surface area contributed by atoms with Crippen LogP contribution in [0.2, 0.25) is 0 Å². The molecule has 2 aromatic carbocycles. The van der Waals surface area contributed by atoms with Crippen LogP contribution in [0.5, 0.6) is 0 Å². The lowest BCUT2D eigenvalue weighted by Crippen LogP contribution is -2.58. The molecule has 0 spiro atoms. The van der Waals surface area contributed by atoms with Gasteiger partial charge in [0.1, 0.15) is 5.54 Å². The van der Waals surface area contributed by atoms with Crippen LogP contribution < -0.4 is 10.6 Å². The van der Waals surface area contributed by atoms with Crippen molar-refractivity contribution in [3.8, 4) is 0 Å². The van der Waals surface area contributed by atoms with E-state index in [1.165, 1.54) is 23.6 Å². The lowest BCUT2D eigenvalue weighted by molar-refractivity contribution is -0.133. The SMILES string of the molecule is CC(=O)NCCNC(=O)C1(N(C)Cc2ccccc2)Cc2ccccc2C1. The van der Waals surface area contributed by atoms with Gasteiger partial charge in [-0.2, -0.15) is 0 Å². The second-order valence-corrected chi connectivity index (χ2v) is 7.23. The fraction of sp³-hybridized carbons (Fsp3) is 0.364. The average Bonchev–Trinajstić information content (AvgIpc) is 3.07. The van der Waals surface area contributed by atoms with Gasteiger partial charge in [0.05, 0.1) is 0 Å². The predicted octanol–water partition coefficient (Wildman–Crippen LogP) is 1.91. The zero-order valence-corrected chi connectivity index (χ0v) is 16.0. The number of fused-ring (bicyclic) bond motifs is 1. The molecule has 142 valence electrons. The Kier molecular flexibility index (Phi) is 5.91. The Hall–Kier alpha value is -2.66. The second kappa shape index (κ2) is 8.35. The van der Waals surface area contributed by atoms with Crippen LogP contribution in [-0.2, 0) is 29.0 Å². The number of nitrogens with zero attached hydrogens (tertiary/aromatic N) is 1. The van der Waals surface area contributed by atoms with Gasteiger partial charge in [0, 0.05) is 39.4 Å². The molecule has 0 saturated carbocycles. The van der Waals surface area contributed by atoms with E-state index in [0.717, 1.165) is 0 Å². The Morgan fingerprint density at radius 1 is 0.926 bits per heavy atom. The van der Waals surface area contributed by atoms with Gasteiger partial charge < -0.3 is 10.6 Å². The molecule has 0 aromatic heterocycles. The van der Waals surface area contributed by atoms with E-state index in [9.17, 15) is 9.59 Å². The lowest BCUT2D eigenvalue weighted by atomic mass is 9.91. The summed E-state index contributed by atoms with van der Waals surface area (Å²) < 4.78 is 0. The zero-order chi connectivity index (χ0) is 19.3. The summed E-state index contributed by atoms with van der Waals surface area (Å²) >= 11 is 0. The number of benzene rings is 2. The first-order chi connectivity index (χ1) is 13.0. The van der Waals surface area contributed by atoms with Crippen molar-refractivity contribution in [1.82, 2.24) is 15.5 Å². The normalized spacial score (nSPS) is 14.6. The highest BCUT2D eigenvalue weighted by molar-refractivity contribution is 5.88. The van der Waals surface area contributed by atoms with Crippen LogP contribution in [0, 0.1) is 0 Å². The van der Waals surface area contributed by atoms with E-state index in [1.54, 1.807) is 0 Å². The maximum absolute atomic E-state index is 13.2. The van der Waals surface area contributed by atoms with Crippen LogP contribution in [0.15, 0.2) is 54.6 Å². The number of hydrogen-bond donors (Lipinski definition) is 2. The third-order valence-corrected chi connectivity index (χ3v) is 5.28. The topological polar surface area (TPSA) is 61.4 Å². The molecule has 5 nitrogen and oxygen atoms in total. The largest absolute Gasteiger partial charge is 0.355 e. The van der Waals surface area contributed by atoms with Crippen LogP contribution in [0.4, 0.5) is 0 Å². The van der Waals surface area contributed by atoms with E-state index in [-0.39, 0.29) is 11.8 Å². The summed E-state index contributed by atoms with van der Waals surface area (Å²) in [5.41, 5.74) is 3.03. The van der Waals surface area contributed by atoms with Gasteiger partial charge in [-0.15, -0.1) is 0 Å². The predicted molar refractivity (Wildman–Crippen MR) is 106 cm³/mol. The van der Waals surface area contributed by atoms with E-state index < -0.39 is 5.54 Å². The Bertz CT molecular complexity index is 779. The molecule has 0 heterocycles. The van der Waals surface area contributed by atoms with Gasteiger partial charge in [-0.25, -0.2) is 0 Å². The van der Waals surface area contributed by atoms with Crippen molar-refractivity contribution >= 4 is 11.8 Å². The first-order valence-corrected chi connectivity index (χ1v) is 9.36. The maximum Gasteiger partial charge on any atom is 0.241 e. The molecule has 3 rings (SSSR count). The van der Waals surface area contributed by atoms with Crippen molar-refractivity contribution in [2.24, 2.45) is 0 Å². The van der Waals surface area contributed by atoms with Crippen molar-refractivity contribution in [3.63, 3.8) is 0 Å². The van der Waals surface area contributed by atoms with E-state index >= 15 is 0 Å². The maximum atomic E-state index is 13.2. The molecule has 0 saturated heterocycles. The molecule has 0 bridgehead atoms. The van der Waals surface area contributed by atoms with E-state index in [1.807, 2.05) is 37.4 Å². The van der Waals surface area contributed by atoms with Crippen molar-refractivity contribution in [2.45, 2.75) is 31.8 Å². The number of likely N-dealkylation sites (N-methyl/N-ethyl adjacent to an activating group) is 1. The minimum atomic E-state index is -0.615. The fourth-order valence-electron chi connectivity index (χ4n) is 3.79. The first-order valence-electron chi connectivity index (χ1n) is 9.36.